The second-order valence-electron chi connectivity index (χ2n) is 10.3. The predicted molar refractivity (Wildman–Crippen MR) is 184 cm³/mol. The average Bonchev–Trinajstić information content (AvgIpc) is 3.66. The molecule has 0 N–H and O–H groups in total. The minimum absolute atomic E-state index is 0.145. The van der Waals surface area contributed by atoms with Crippen molar-refractivity contribution in [2.75, 3.05) is 19.8 Å². The summed E-state index contributed by atoms with van der Waals surface area (Å²) in [5.41, 5.74) is 2.28. The number of ether oxygens (including phenoxy) is 3. The third-order valence-corrected chi connectivity index (χ3v) is 8.90. The van der Waals surface area contributed by atoms with Crippen LogP contribution in [0, 0.1) is 0 Å². The summed E-state index contributed by atoms with van der Waals surface area (Å²) in [7, 11) is 0. The fourth-order valence-electron chi connectivity index (χ4n) is 5.38. The van der Waals surface area contributed by atoms with Gasteiger partial charge in [0, 0.05) is 22.2 Å². The first-order valence-corrected chi connectivity index (χ1v) is 16.6. The van der Waals surface area contributed by atoms with Crippen LogP contribution in [0.1, 0.15) is 43.7 Å². The summed E-state index contributed by atoms with van der Waals surface area (Å²) in [6.45, 7) is 6.49. The van der Waals surface area contributed by atoms with Crippen molar-refractivity contribution < 1.29 is 23.4 Å². The Labute approximate surface area is 284 Å². The number of hydrogen-bond donors (Lipinski definition) is 0. The lowest BCUT2D eigenvalue weighted by molar-refractivity contribution is -0.138. The number of fused-ring (bicyclic) bond motifs is 1. The molecule has 0 aliphatic carbocycles. The maximum atomic E-state index is 14.3. The SMILES string of the molecule is CCOC(=O)C1=C(c2ccccc2)N=c2s/c(=C/c3ccc(-c4cc(Cl)ccc4Cl)o3)c(=O)n2[C@@H]1c1ccc(OCC)c(OCC)c1. The van der Waals surface area contributed by atoms with Gasteiger partial charge in [-0.05, 0) is 68.8 Å². The molecule has 240 valence electrons. The van der Waals surface area contributed by atoms with Gasteiger partial charge in [-0.15, -0.1) is 0 Å². The lowest BCUT2D eigenvalue weighted by atomic mass is 9.93. The molecule has 8 nitrogen and oxygen atoms in total. The van der Waals surface area contributed by atoms with E-state index >= 15 is 0 Å². The standard InChI is InChI=1S/C36H30Cl2N2O6S/c1-4-43-28-16-12-22(18-29(28)44-5-2)33-31(35(42)45-6-3)32(21-10-8-7-9-11-21)39-36-40(33)34(41)30(47-36)20-24-14-17-27(46-24)25-19-23(37)13-15-26(25)38/h7-20,33H,4-6H2,1-3H3/b30-20+/t33-/m1/s1. The number of hydrogen-bond acceptors (Lipinski definition) is 8. The summed E-state index contributed by atoms with van der Waals surface area (Å²) < 4.78 is 25.3. The lowest BCUT2D eigenvalue weighted by Gasteiger charge is -2.26. The van der Waals surface area contributed by atoms with Gasteiger partial charge < -0.3 is 18.6 Å². The minimum Gasteiger partial charge on any atom is -0.490 e. The zero-order valence-corrected chi connectivity index (χ0v) is 28.1. The van der Waals surface area contributed by atoms with Crippen LogP contribution in [-0.4, -0.2) is 30.4 Å². The molecule has 3 heterocycles. The molecule has 1 aliphatic rings. The summed E-state index contributed by atoms with van der Waals surface area (Å²) >= 11 is 13.8. The van der Waals surface area contributed by atoms with Crippen LogP contribution in [0.5, 0.6) is 11.5 Å². The van der Waals surface area contributed by atoms with Crippen LogP contribution < -0.4 is 24.4 Å². The Balaban J connectivity index is 1.58. The number of rotatable bonds is 10. The van der Waals surface area contributed by atoms with E-state index < -0.39 is 12.0 Å². The molecule has 6 rings (SSSR count). The first kappa shape index (κ1) is 32.4. The lowest BCUT2D eigenvalue weighted by Crippen LogP contribution is -2.40. The second-order valence-corrected chi connectivity index (χ2v) is 12.2. The van der Waals surface area contributed by atoms with Gasteiger partial charge in [0.2, 0.25) is 0 Å². The molecule has 47 heavy (non-hydrogen) atoms. The highest BCUT2D eigenvalue weighted by Gasteiger charge is 2.35. The van der Waals surface area contributed by atoms with E-state index in [1.165, 1.54) is 15.9 Å². The number of carbonyl (C=O) groups excluding carboxylic acids is 1. The zero-order valence-electron chi connectivity index (χ0n) is 25.8. The fraction of sp³-hybridized carbons (Fsp3) is 0.194. The quantitative estimate of drug-likeness (QED) is 0.143. The molecule has 1 aliphatic heterocycles. The number of thiazole rings is 1. The van der Waals surface area contributed by atoms with Gasteiger partial charge in [0.1, 0.15) is 11.5 Å². The smallest absolute Gasteiger partial charge is 0.338 e. The fourth-order valence-corrected chi connectivity index (χ4v) is 6.75. The monoisotopic (exact) mass is 688 g/mol. The summed E-state index contributed by atoms with van der Waals surface area (Å²) in [5.74, 6) is 1.42. The van der Waals surface area contributed by atoms with Crippen molar-refractivity contribution in [3.63, 3.8) is 0 Å². The highest BCUT2D eigenvalue weighted by Crippen LogP contribution is 2.39. The van der Waals surface area contributed by atoms with Crippen LogP contribution in [0.25, 0.3) is 23.1 Å². The van der Waals surface area contributed by atoms with E-state index in [1.807, 2.05) is 50.2 Å². The van der Waals surface area contributed by atoms with Crippen molar-refractivity contribution in [3.8, 4) is 22.8 Å². The molecule has 0 saturated heterocycles. The normalized spacial score (nSPS) is 14.5. The van der Waals surface area contributed by atoms with Gasteiger partial charge >= 0.3 is 5.97 Å². The molecule has 1 atom stereocenters. The second kappa shape index (κ2) is 14.0. The zero-order chi connectivity index (χ0) is 33.1. The maximum absolute atomic E-state index is 14.3. The third kappa shape index (κ3) is 6.52. The molecule has 0 radical (unpaired) electrons. The van der Waals surface area contributed by atoms with Crippen molar-refractivity contribution >= 4 is 52.3 Å². The van der Waals surface area contributed by atoms with Crippen LogP contribution in [-0.2, 0) is 9.53 Å². The highest BCUT2D eigenvalue weighted by molar-refractivity contribution is 7.07. The molecular formula is C36H30Cl2N2O6S. The van der Waals surface area contributed by atoms with Crippen LogP contribution in [0.2, 0.25) is 10.0 Å². The Morgan fingerprint density at radius 2 is 1.70 bits per heavy atom. The molecule has 0 spiro atoms. The van der Waals surface area contributed by atoms with Gasteiger partial charge in [-0.25, -0.2) is 9.79 Å². The van der Waals surface area contributed by atoms with Crippen LogP contribution in [0.3, 0.4) is 0 Å². The van der Waals surface area contributed by atoms with Crippen LogP contribution in [0.15, 0.2) is 98.6 Å². The predicted octanol–water partition coefficient (Wildman–Crippen LogP) is 7.30. The van der Waals surface area contributed by atoms with Crippen molar-refractivity contribution in [1.82, 2.24) is 4.57 Å². The molecule has 2 aromatic heterocycles. The maximum Gasteiger partial charge on any atom is 0.338 e. The van der Waals surface area contributed by atoms with Gasteiger partial charge in [0.05, 0.1) is 46.7 Å². The highest BCUT2D eigenvalue weighted by atomic mass is 35.5. The van der Waals surface area contributed by atoms with E-state index in [2.05, 4.69) is 0 Å². The van der Waals surface area contributed by atoms with Crippen molar-refractivity contribution in [3.05, 3.63) is 131 Å². The van der Waals surface area contributed by atoms with Gasteiger partial charge in [0.25, 0.3) is 5.56 Å². The Bertz CT molecular complexity index is 2170. The van der Waals surface area contributed by atoms with Gasteiger partial charge in [0.15, 0.2) is 16.3 Å². The Hall–Kier alpha value is -4.57. The summed E-state index contributed by atoms with van der Waals surface area (Å²) in [6, 6.07) is 22.6. The topological polar surface area (TPSA) is 92.3 Å². The van der Waals surface area contributed by atoms with E-state index in [0.717, 1.165) is 0 Å². The van der Waals surface area contributed by atoms with E-state index in [0.29, 0.717) is 78.0 Å². The number of aromatic nitrogens is 1. The van der Waals surface area contributed by atoms with Crippen molar-refractivity contribution in [2.24, 2.45) is 4.99 Å². The number of carbonyl (C=O) groups is 1. The van der Waals surface area contributed by atoms with E-state index in [9.17, 15) is 9.59 Å². The molecule has 0 amide bonds. The molecule has 3 aromatic carbocycles. The van der Waals surface area contributed by atoms with Crippen molar-refractivity contribution in [1.29, 1.82) is 0 Å². The molecule has 0 unspecified atom stereocenters. The summed E-state index contributed by atoms with van der Waals surface area (Å²) in [4.78, 5) is 33.4. The Morgan fingerprint density at radius 3 is 2.45 bits per heavy atom. The van der Waals surface area contributed by atoms with Gasteiger partial charge in [-0.2, -0.15) is 0 Å². The third-order valence-electron chi connectivity index (χ3n) is 7.35. The van der Waals surface area contributed by atoms with Gasteiger partial charge in [-0.3, -0.25) is 9.36 Å². The van der Waals surface area contributed by atoms with Gasteiger partial charge in [-0.1, -0.05) is 70.9 Å². The first-order valence-electron chi connectivity index (χ1n) is 15.1. The minimum atomic E-state index is -0.880. The number of esters is 1. The molecule has 0 saturated carbocycles. The number of benzene rings is 3. The largest absolute Gasteiger partial charge is 0.490 e. The number of nitrogens with zero attached hydrogens (tertiary/aromatic N) is 2. The molecule has 0 fully saturated rings. The molecule has 0 bridgehead atoms. The van der Waals surface area contributed by atoms with E-state index in [-0.39, 0.29) is 17.7 Å². The van der Waals surface area contributed by atoms with Crippen LogP contribution >= 0.6 is 34.5 Å². The van der Waals surface area contributed by atoms with Crippen molar-refractivity contribution in [2.45, 2.75) is 26.8 Å². The number of furan rings is 1. The Morgan fingerprint density at radius 1 is 0.936 bits per heavy atom. The van der Waals surface area contributed by atoms with Crippen LogP contribution in [0.4, 0.5) is 0 Å². The molecule has 11 heteroatoms. The summed E-state index contributed by atoms with van der Waals surface area (Å²) in [6.07, 6.45) is 1.66. The number of halogens is 2. The first-order chi connectivity index (χ1) is 22.8. The molecular weight excluding hydrogens is 659 g/mol. The molecule has 5 aromatic rings. The van der Waals surface area contributed by atoms with E-state index in [4.69, 9.17) is 46.8 Å². The Kier molecular flexibility index (Phi) is 9.68. The summed E-state index contributed by atoms with van der Waals surface area (Å²) in [5, 5.41) is 1.00. The average molecular weight is 690 g/mol. The van der Waals surface area contributed by atoms with E-state index in [1.54, 1.807) is 55.5 Å².